The van der Waals surface area contributed by atoms with E-state index in [4.69, 9.17) is 4.98 Å². The lowest BCUT2D eigenvalue weighted by atomic mass is 9.92. The van der Waals surface area contributed by atoms with E-state index in [-0.39, 0.29) is 6.04 Å². The minimum absolute atomic E-state index is 0.152. The van der Waals surface area contributed by atoms with Crippen LogP contribution in [0.25, 0.3) is 10.9 Å². The first-order valence-electron chi connectivity index (χ1n) is 9.39. The summed E-state index contributed by atoms with van der Waals surface area (Å²) in [6.07, 6.45) is 6.74. The third-order valence-corrected chi connectivity index (χ3v) is 5.46. The second-order valence-corrected chi connectivity index (χ2v) is 7.14. The number of anilines is 1. The number of fused-ring (bicyclic) bond motifs is 1. The molecule has 0 spiro atoms. The predicted molar refractivity (Wildman–Crippen MR) is 98.4 cm³/mol. The molecule has 3 heterocycles. The van der Waals surface area contributed by atoms with Crippen LogP contribution in [0.3, 0.4) is 0 Å². The van der Waals surface area contributed by atoms with E-state index in [1.165, 1.54) is 32.1 Å². The maximum Gasteiger partial charge on any atom is 0.129 e. The van der Waals surface area contributed by atoms with Gasteiger partial charge in [0.15, 0.2) is 0 Å². The molecule has 1 aromatic carbocycles. The molecule has 0 aliphatic carbocycles. The highest BCUT2D eigenvalue weighted by atomic mass is 16.3. The Labute approximate surface area is 143 Å². The van der Waals surface area contributed by atoms with Crippen molar-refractivity contribution in [1.82, 2.24) is 10.3 Å². The van der Waals surface area contributed by atoms with Crippen LogP contribution in [0, 0.1) is 0 Å². The lowest BCUT2D eigenvalue weighted by Crippen LogP contribution is -2.39. The standard InChI is InChI=1S/C20H27N3O/c24-20(18-10-4-5-11-21-18)16-14-19(23-12-6-1-7-13-23)22-17-9-3-2-8-15(16)17/h2-3,8-9,14,18,20-21,24H,1,4-7,10-13H2/t18-,20+/m0/s1. The van der Waals surface area contributed by atoms with Crippen LogP contribution in [0.15, 0.2) is 30.3 Å². The maximum atomic E-state index is 11.1. The number of aromatic nitrogens is 1. The number of piperidine rings is 2. The van der Waals surface area contributed by atoms with E-state index in [0.717, 1.165) is 48.3 Å². The summed E-state index contributed by atoms with van der Waals surface area (Å²) in [5, 5.41) is 15.6. The Hall–Kier alpha value is -1.65. The highest BCUT2D eigenvalue weighted by Gasteiger charge is 2.25. The number of rotatable bonds is 3. The zero-order valence-corrected chi connectivity index (χ0v) is 14.2. The molecule has 24 heavy (non-hydrogen) atoms. The largest absolute Gasteiger partial charge is 0.387 e. The molecule has 0 amide bonds. The number of hydrogen-bond donors (Lipinski definition) is 2. The van der Waals surface area contributed by atoms with E-state index in [9.17, 15) is 5.11 Å². The number of aliphatic hydroxyl groups excluding tert-OH is 1. The van der Waals surface area contributed by atoms with Crippen LogP contribution in [-0.2, 0) is 0 Å². The Balaban J connectivity index is 1.73. The highest BCUT2D eigenvalue weighted by Crippen LogP contribution is 2.32. The number of aliphatic hydroxyl groups is 1. The third-order valence-electron chi connectivity index (χ3n) is 5.46. The molecule has 0 radical (unpaired) electrons. The van der Waals surface area contributed by atoms with Gasteiger partial charge < -0.3 is 15.3 Å². The molecular weight excluding hydrogens is 298 g/mol. The fraction of sp³-hybridized carbons (Fsp3) is 0.550. The molecule has 0 saturated carbocycles. The molecule has 1 aromatic heterocycles. The SMILES string of the molecule is O[C@H](c1cc(N2CCCCC2)nc2ccccc12)[C@@H]1CCCCN1. The summed E-state index contributed by atoms with van der Waals surface area (Å²) < 4.78 is 0. The van der Waals surface area contributed by atoms with Gasteiger partial charge in [-0.2, -0.15) is 0 Å². The molecule has 2 atom stereocenters. The number of nitrogens with zero attached hydrogens (tertiary/aromatic N) is 2. The maximum absolute atomic E-state index is 11.1. The van der Waals surface area contributed by atoms with Gasteiger partial charge in [-0.3, -0.25) is 0 Å². The van der Waals surface area contributed by atoms with Gasteiger partial charge in [-0.1, -0.05) is 24.6 Å². The van der Waals surface area contributed by atoms with Gasteiger partial charge in [0.1, 0.15) is 5.82 Å². The molecule has 4 nitrogen and oxygen atoms in total. The minimum atomic E-state index is -0.471. The van der Waals surface area contributed by atoms with E-state index < -0.39 is 6.10 Å². The summed E-state index contributed by atoms with van der Waals surface area (Å²) in [6.45, 7) is 3.15. The average Bonchev–Trinajstić information content (AvgIpc) is 2.68. The molecule has 4 rings (SSSR count). The van der Waals surface area contributed by atoms with Crippen LogP contribution < -0.4 is 10.2 Å². The average molecular weight is 325 g/mol. The molecule has 128 valence electrons. The number of benzene rings is 1. The van der Waals surface area contributed by atoms with Crippen molar-refractivity contribution < 1.29 is 5.11 Å². The van der Waals surface area contributed by atoms with Crippen LogP contribution in [0.1, 0.15) is 50.2 Å². The van der Waals surface area contributed by atoms with Crippen molar-refractivity contribution in [1.29, 1.82) is 0 Å². The van der Waals surface area contributed by atoms with Crippen molar-refractivity contribution in [3.05, 3.63) is 35.9 Å². The summed E-state index contributed by atoms with van der Waals surface area (Å²) in [5.41, 5.74) is 2.02. The smallest absolute Gasteiger partial charge is 0.129 e. The minimum Gasteiger partial charge on any atom is -0.387 e. The van der Waals surface area contributed by atoms with Crippen LogP contribution in [-0.4, -0.2) is 35.8 Å². The molecule has 4 heteroatoms. The Bertz CT molecular complexity index is 690. The van der Waals surface area contributed by atoms with Crippen molar-refractivity contribution in [2.75, 3.05) is 24.5 Å². The summed E-state index contributed by atoms with van der Waals surface area (Å²) in [5.74, 6) is 1.03. The third kappa shape index (κ3) is 3.13. The molecule has 0 unspecified atom stereocenters. The van der Waals surface area contributed by atoms with E-state index in [1.807, 2.05) is 12.1 Å². The second kappa shape index (κ2) is 7.08. The Morgan fingerprint density at radius 2 is 1.92 bits per heavy atom. The Morgan fingerprint density at radius 3 is 2.71 bits per heavy atom. The first kappa shape index (κ1) is 15.9. The van der Waals surface area contributed by atoms with Gasteiger partial charge in [-0.05, 0) is 56.3 Å². The van der Waals surface area contributed by atoms with Crippen molar-refractivity contribution in [2.24, 2.45) is 0 Å². The number of nitrogens with one attached hydrogen (secondary N) is 1. The summed E-state index contributed by atoms with van der Waals surface area (Å²) >= 11 is 0. The van der Waals surface area contributed by atoms with Crippen molar-refractivity contribution >= 4 is 16.7 Å². The summed E-state index contributed by atoms with van der Waals surface area (Å²) in [6, 6.07) is 10.5. The van der Waals surface area contributed by atoms with Crippen molar-refractivity contribution in [3.63, 3.8) is 0 Å². The van der Waals surface area contributed by atoms with Crippen molar-refractivity contribution in [3.8, 4) is 0 Å². The lowest BCUT2D eigenvalue weighted by Gasteiger charge is -2.31. The fourth-order valence-corrected chi connectivity index (χ4v) is 4.08. The van der Waals surface area contributed by atoms with Gasteiger partial charge in [0, 0.05) is 24.5 Å². The topological polar surface area (TPSA) is 48.4 Å². The number of hydrogen-bond acceptors (Lipinski definition) is 4. The molecule has 2 aliphatic rings. The van der Waals surface area contributed by atoms with Gasteiger partial charge >= 0.3 is 0 Å². The van der Waals surface area contributed by atoms with Gasteiger partial charge in [0.2, 0.25) is 0 Å². The predicted octanol–water partition coefficient (Wildman–Crippen LogP) is 3.40. The van der Waals surface area contributed by atoms with E-state index >= 15 is 0 Å². The van der Waals surface area contributed by atoms with Crippen LogP contribution >= 0.6 is 0 Å². The van der Waals surface area contributed by atoms with Gasteiger partial charge in [-0.25, -0.2) is 4.98 Å². The first-order valence-corrected chi connectivity index (χ1v) is 9.39. The quantitative estimate of drug-likeness (QED) is 0.908. The molecule has 2 saturated heterocycles. The molecule has 2 aliphatic heterocycles. The summed E-state index contributed by atoms with van der Waals surface area (Å²) in [7, 11) is 0. The van der Waals surface area contributed by atoms with Crippen LogP contribution in [0.5, 0.6) is 0 Å². The fourth-order valence-electron chi connectivity index (χ4n) is 4.08. The van der Waals surface area contributed by atoms with E-state index in [1.54, 1.807) is 0 Å². The van der Waals surface area contributed by atoms with Gasteiger partial charge in [0.05, 0.1) is 11.6 Å². The normalized spacial score (nSPS) is 23.4. The molecule has 0 bridgehead atoms. The van der Waals surface area contributed by atoms with Crippen LogP contribution in [0.4, 0.5) is 5.82 Å². The lowest BCUT2D eigenvalue weighted by molar-refractivity contribution is 0.115. The van der Waals surface area contributed by atoms with E-state index in [0.29, 0.717) is 0 Å². The molecule has 2 N–H and O–H groups in total. The second-order valence-electron chi connectivity index (χ2n) is 7.14. The van der Waals surface area contributed by atoms with Crippen LogP contribution in [0.2, 0.25) is 0 Å². The number of para-hydroxylation sites is 1. The molecule has 2 aromatic rings. The summed E-state index contributed by atoms with van der Waals surface area (Å²) in [4.78, 5) is 7.26. The monoisotopic (exact) mass is 325 g/mol. The Kier molecular flexibility index (Phi) is 4.67. The van der Waals surface area contributed by atoms with Gasteiger partial charge in [0.25, 0.3) is 0 Å². The molecule has 2 fully saturated rings. The highest BCUT2D eigenvalue weighted by molar-refractivity contribution is 5.84. The molecular formula is C20H27N3O. The first-order chi connectivity index (χ1) is 11.8. The van der Waals surface area contributed by atoms with Gasteiger partial charge in [-0.15, -0.1) is 0 Å². The zero-order chi connectivity index (χ0) is 16.4. The zero-order valence-electron chi connectivity index (χ0n) is 14.2. The van der Waals surface area contributed by atoms with Crippen molar-refractivity contribution in [2.45, 2.75) is 50.7 Å². The Morgan fingerprint density at radius 1 is 1.08 bits per heavy atom. The number of pyridine rings is 1. The van der Waals surface area contributed by atoms with E-state index in [2.05, 4.69) is 28.4 Å².